The van der Waals surface area contributed by atoms with Crippen molar-refractivity contribution in [3.8, 4) is 0 Å². The first-order valence-corrected chi connectivity index (χ1v) is 5.71. The van der Waals surface area contributed by atoms with Gasteiger partial charge in [0.1, 0.15) is 0 Å². The summed E-state index contributed by atoms with van der Waals surface area (Å²) in [5.41, 5.74) is 0. The standard InChI is InChI=1S/C12H22O3/c1-2-3-4-5-6-7-8-9-11(13)10-12(14)15/h7-8,11,13H,2-6,9-10H2,1H3,(H,14,15)/b8-7+/t11-/m0/s1. The lowest BCUT2D eigenvalue weighted by molar-refractivity contribution is -0.139. The molecule has 0 saturated carbocycles. The summed E-state index contributed by atoms with van der Waals surface area (Å²) < 4.78 is 0. The molecular weight excluding hydrogens is 192 g/mol. The van der Waals surface area contributed by atoms with Gasteiger partial charge in [-0.1, -0.05) is 38.3 Å². The van der Waals surface area contributed by atoms with Gasteiger partial charge in [-0.05, 0) is 19.3 Å². The van der Waals surface area contributed by atoms with E-state index in [4.69, 9.17) is 5.11 Å². The smallest absolute Gasteiger partial charge is 0.305 e. The first-order chi connectivity index (χ1) is 7.16. The van der Waals surface area contributed by atoms with Gasteiger partial charge in [-0.15, -0.1) is 0 Å². The number of rotatable bonds is 9. The van der Waals surface area contributed by atoms with Gasteiger partial charge < -0.3 is 10.2 Å². The molecule has 0 unspecified atom stereocenters. The van der Waals surface area contributed by atoms with Gasteiger partial charge in [0.15, 0.2) is 0 Å². The molecule has 0 rings (SSSR count). The predicted molar refractivity (Wildman–Crippen MR) is 60.8 cm³/mol. The molecular formula is C12H22O3. The van der Waals surface area contributed by atoms with E-state index in [1.807, 2.05) is 12.2 Å². The van der Waals surface area contributed by atoms with Crippen LogP contribution in [-0.4, -0.2) is 22.3 Å². The number of allylic oxidation sites excluding steroid dienone is 1. The van der Waals surface area contributed by atoms with Crippen LogP contribution in [0.4, 0.5) is 0 Å². The molecule has 1 atom stereocenters. The Kier molecular flexibility index (Phi) is 9.18. The van der Waals surface area contributed by atoms with Gasteiger partial charge in [-0.25, -0.2) is 0 Å². The molecule has 0 amide bonds. The van der Waals surface area contributed by atoms with E-state index in [9.17, 15) is 9.90 Å². The van der Waals surface area contributed by atoms with E-state index in [1.165, 1.54) is 25.7 Å². The summed E-state index contributed by atoms with van der Waals surface area (Å²) in [6, 6.07) is 0. The second-order valence-corrected chi connectivity index (χ2v) is 3.81. The van der Waals surface area contributed by atoms with Crippen LogP contribution < -0.4 is 0 Å². The van der Waals surface area contributed by atoms with E-state index in [2.05, 4.69) is 6.92 Å². The van der Waals surface area contributed by atoms with Crippen molar-refractivity contribution in [2.24, 2.45) is 0 Å². The maximum absolute atomic E-state index is 10.2. The minimum atomic E-state index is -0.946. The van der Waals surface area contributed by atoms with Crippen molar-refractivity contribution in [2.45, 2.75) is 58.0 Å². The topological polar surface area (TPSA) is 57.5 Å². The van der Waals surface area contributed by atoms with Crippen LogP contribution >= 0.6 is 0 Å². The van der Waals surface area contributed by atoms with E-state index in [0.29, 0.717) is 6.42 Å². The van der Waals surface area contributed by atoms with Crippen LogP contribution in [-0.2, 0) is 4.79 Å². The zero-order valence-electron chi connectivity index (χ0n) is 9.48. The molecule has 0 aromatic heterocycles. The summed E-state index contributed by atoms with van der Waals surface area (Å²) in [4.78, 5) is 10.2. The maximum atomic E-state index is 10.2. The Labute approximate surface area is 91.8 Å². The van der Waals surface area contributed by atoms with E-state index in [0.717, 1.165) is 6.42 Å². The van der Waals surface area contributed by atoms with Crippen molar-refractivity contribution in [1.82, 2.24) is 0 Å². The van der Waals surface area contributed by atoms with Crippen LogP contribution in [0.25, 0.3) is 0 Å². The molecule has 0 aliphatic rings. The van der Waals surface area contributed by atoms with Gasteiger partial charge in [0, 0.05) is 0 Å². The lowest BCUT2D eigenvalue weighted by atomic mass is 10.1. The first-order valence-electron chi connectivity index (χ1n) is 5.71. The van der Waals surface area contributed by atoms with Crippen molar-refractivity contribution >= 4 is 5.97 Å². The van der Waals surface area contributed by atoms with E-state index in [1.54, 1.807) is 0 Å². The monoisotopic (exact) mass is 214 g/mol. The number of carboxylic acids is 1. The molecule has 0 radical (unpaired) electrons. The van der Waals surface area contributed by atoms with Crippen molar-refractivity contribution in [1.29, 1.82) is 0 Å². The van der Waals surface area contributed by atoms with Gasteiger partial charge in [0.25, 0.3) is 0 Å². The molecule has 88 valence electrons. The Bertz CT molecular complexity index is 187. The Hall–Kier alpha value is -0.830. The maximum Gasteiger partial charge on any atom is 0.305 e. The fourth-order valence-electron chi connectivity index (χ4n) is 1.35. The molecule has 0 aliphatic carbocycles. The molecule has 0 bridgehead atoms. The average molecular weight is 214 g/mol. The van der Waals surface area contributed by atoms with Gasteiger partial charge in [-0.2, -0.15) is 0 Å². The Morgan fingerprint density at radius 2 is 2.00 bits per heavy atom. The number of aliphatic hydroxyl groups excluding tert-OH is 1. The fourth-order valence-corrected chi connectivity index (χ4v) is 1.35. The molecule has 15 heavy (non-hydrogen) atoms. The fraction of sp³-hybridized carbons (Fsp3) is 0.750. The van der Waals surface area contributed by atoms with Crippen molar-refractivity contribution < 1.29 is 15.0 Å². The third-order valence-electron chi connectivity index (χ3n) is 2.21. The van der Waals surface area contributed by atoms with Crippen LogP contribution in [0.2, 0.25) is 0 Å². The zero-order chi connectivity index (χ0) is 11.5. The second kappa shape index (κ2) is 9.71. The molecule has 0 aromatic rings. The highest BCUT2D eigenvalue weighted by Crippen LogP contribution is 2.04. The molecule has 3 heteroatoms. The molecule has 0 aromatic carbocycles. The average Bonchev–Trinajstić information content (AvgIpc) is 2.15. The Morgan fingerprint density at radius 3 is 2.60 bits per heavy atom. The molecule has 0 spiro atoms. The number of unbranched alkanes of at least 4 members (excludes halogenated alkanes) is 4. The molecule has 0 saturated heterocycles. The SMILES string of the molecule is CCCCCC/C=C/C[C@H](O)CC(=O)O. The van der Waals surface area contributed by atoms with Gasteiger partial charge in [0.2, 0.25) is 0 Å². The summed E-state index contributed by atoms with van der Waals surface area (Å²) in [7, 11) is 0. The largest absolute Gasteiger partial charge is 0.481 e. The Morgan fingerprint density at radius 1 is 1.27 bits per heavy atom. The number of aliphatic hydroxyl groups is 1. The zero-order valence-corrected chi connectivity index (χ0v) is 9.48. The Balaban J connectivity index is 3.33. The van der Waals surface area contributed by atoms with Crippen molar-refractivity contribution in [2.75, 3.05) is 0 Å². The van der Waals surface area contributed by atoms with Crippen LogP contribution in [0, 0.1) is 0 Å². The quantitative estimate of drug-likeness (QED) is 0.458. The predicted octanol–water partition coefficient (Wildman–Crippen LogP) is 2.74. The third kappa shape index (κ3) is 11.1. The molecule has 0 fully saturated rings. The minimum Gasteiger partial charge on any atom is -0.481 e. The van der Waals surface area contributed by atoms with E-state index in [-0.39, 0.29) is 6.42 Å². The number of hydrogen-bond acceptors (Lipinski definition) is 2. The summed E-state index contributed by atoms with van der Waals surface area (Å²) in [5, 5.41) is 17.6. The van der Waals surface area contributed by atoms with Crippen LogP contribution in [0.3, 0.4) is 0 Å². The number of carbonyl (C=O) groups is 1. The van der Waals surface area contributed by atoms with Crippen LogP contribution in [0.1, 0.15) is 51.9 Å². The van der Waals surface area contributed by atoms with Gasteiger partial charge in [-0.3, -0.25) is 4.79 Å². The number of hydrogen-bond donors (Lipinski definition) is 2. The summed E-state index contributed by atoms with van der Waals surface area (Å²) in [6.07, 6.45) is 9.41. The molecule has 0 aliphatic heterocycles. The normalized spacial score (nSPS) is 13.2. The van der Waals surface area contributed by atoms with Crippen LogP contribution in [0.5, 0.6) is 0 Å². The summed E-state index contributed by atoms with van der Waals surface area (Å²) in [5.74, 6) is -0.946. The van der Waals surface area contributed by atoms with Crippen molar-refractivity contribution in [3.63, 3.8) is 0 Å². The van der Waals surface area contributed by atoms with Crippen LogP contribution in [0.15, 0.2) is 12.2 Å². The molecule has 0 heterocycles. The van der Waals surface area contributed by atoms with Gasteiger partial charge in [0.05, 0.1) is 12.5 Å². The lowest BCUT2D eigenvalue weighted by Crippen LogP contribution is -2.11. The third-order valence-corrected chi connectivity index (χ3v) is 2.21. The van der Waals surface area contributed by atoms with E-state index < -0.39 is 12.1 Å². The highest BCUT2D eigenvalue weighted by Gasteiger charge is 2.06. The lowest BCUT2D eigenvalue weighted by Gasteiger charge is -2.02. The summed E-state index contributed by atoms with van der Waals surface area (Å²) >= 11 is 0. The van der Waals surface area contributed by atoms with Gasteiger partial charge >= 0.3 is 5.97 Å². The highest BCUT2D eigenvalue weighted by molar-refractivity contribution is 5.67. The number of aliphatic carboxylic acids is 1. The summed E-state index contributed by atoms with van der Waals surface area (Å²) in [6.45, 7) is 2.18. The number of carboxylic acid groups (broad SMARTS) is 1. The molecule has 2 N–H and O–H groups in total. The van der Waals surface area contributed by atoms with Crippen molar-refractivity contribution in [3.05, 3.63) is 12.2 Å². The first kappa shape index (κ1) is 14.2. The van der Waals surface area contributed by atoms with E-state index >= 15 is 0 Å². The second-order valence-electron chi connectivity index (χ2n) is 3.81. The highest BCUT2D eigenvalue weighted by atomic mass is 16.4. The molecule has 3 nitrogen and oxygen atoms in total. The minimum absolute atomic E-state index is 0.166.